The number of hydrogen-bond acceptors (Lipinski definition) is 2. The number of hydrogen-bond donors (Lipinski definition) is 3. The van der Waals surface area contributed by atoms with Crippen LogP contribution in [0, 0.1) is 0 Å². The molecule has 1 atom stereocenters. The van der Waals surface area contributed by atoms with E-state index in [4.69, 9.17) is 10.2 Å². The van der Waals surface area contributed by atoms with Gasteiger partial charge in [-0.2, -0.15) is 0 Å². The summed E-state index contributed by atoms with van der Waals surface area (Å²) in [5, 5.41) is 17.5. The zero-order valence-corrected chi connectivity index (χ0v) is 6.40. The second-order valence-corrected chi connectivity index (χ2v) is 2.48. The molecular formula is C8H10NO3+. The summed E-state index contributed by atoms with van der Waals surface area (Å²) in [5.41, 5.74) is 4.04. The van der Waals surface area contributed by atoms with Crippen LogP contribution in [-0.2, 0) is 4.79 Å². The maximum Gasteiger partial charge on any atom is 0.367 e. The first-order chi connectivity index (χ1) is 5.61. The number of rotatable bonds is 2. The predicted molar refractivity (Wildman–Crippen MR) is 41.4 cm³/mol. The molecule has 1 aromatic carbocycles. The Morgan fingerprint density at radius 3 is 2.25 bits per heavy atom. The second kappa shape index (κ2) is 3.23. The molecule has 4 heteroatoms. The highest BCUT2D eigenvalue weighted by Gasteiger charge is 2.17. The van der Waals surface area contributed by atoms with E-state index in [2.05, 4.69) is 5.73 Å². The van der Waals surface area contributed by atoms with Crippen LogP contribution in [-0.4, -0.2) is 16.2 Å². The first-order valence-corrected chi connectivity index (χ1v) is 3.46. The van der Waals surface area contributed by atoms with Crippen LogP contribution in [0.15, 0.2) is 24.3 Å². The van der Waals surface area contributed by atoms with Crippen LogP contribution in [0.1, 0.15) is 11.6 Å². The van der Waals surface area contributed by atoms with Crippen molar-refractivity contribution < 1.29 is 20.7 Å². The van der Waals surface area contributed by atoms with Crippen LogP contribution in [0.2, 0.25) is 0 Å². The van der Waals surface area contributed by atoms with Gasteiger partial charge in [0.05, 0.1) is 0 Å². The van der Waals surface area contributed by atoms with Gasteiger partial charge in [-0.15, -0.1) is 0 Å². The summed E-state index contributed by atoms with van der Waals surface area (Å²) >= 11 is 0. The van der Waals surface area contributed by atoms with Crippen LogP contribution in [0.4, 0.5) is 0 Å². The number of phenolic OH excluding ortho intramolecular Hbond substituents is 1. The maximum atomic E-state index is 10.5. The van der Waals surface area contributed by atoms with Gasteiger partial charge in [0.1, 0.15) is 5.75 Å². The third kappa shape index (κ3) is 1.73. The molecule has 1 unspecified atom stereocenters. The molecule has 0 amide bonds. The Morgan fingerprint density at radius 2 is 1.83 bits per heavy atom. The van der Waals surface area contributed by atoms with Gasteiger partial charge in [0, 0.05) is 5.56 Å². The molecule has 0 aliphatic carbocycles. The summed E-state index contributed by atoms with van der Waals surface area (Å²) in [6, 6.07) is 5.19. The van der Waals surface area contributed by atoms with Crippen molar-refractivity contribution in [1.29, 1.82) is 0 Å². The fourth-order valence-corrected chi connectivity index (χ4v) is 0.849. The number of benzene rings is 1. The molecule has 0 aliphatic rings. The number of carboxylic acids is 1. The molecule has 4 nitrogen and oxygen atoms in total. The summed E-state index contributed by atoms with van der Waals surface area (Å²) in [6.45, 7) is 0. The van der Waals surface area contributed by atoms with Crippen LogP contribution in [0.25, 0.3) is 0 Å². The molecule has 0 fully saturated rings. The smallest absolute Gasteiger partial charge is 0.367 e. The number of quaternary nitrogens is 1. The highest BCUT2D eigenvalue weighted by atomic mass is 16.4. The van der Waals surface area contributed by atoms with Crippen molar-refractivity contribution in [2.75, 3.05) is 0 Å². The molecule has 5 N–H and O–H groups in total. The monoisotopic (exact) mass is 168 g/mol. The standard InChI is InChI=1S/C8H9NO3/c9-7(8(11)12)5-1-3-6(10)4-2-5/h1-4,7,10H,9H2,(H,11,12)/p+1. The SMILES string of the molecule is [NH3+]C(C(=O)O)c1ccc(O)cc1. The third-order valence-electron chi connectivity index (χ3n) is 1.59. The fourth-order valence-electron chi connectivity index (χ4n) is 0.849. The quantitative estimate of drug-likeness (QED) is 0.569. The average Bonchev–Trinajstić information content (AvgIpc) is 2.04. The van der Waals surface area contributed by atoms with Crippen molar-refractivity contribution in [2.45, 2.75) is 6.04 Å². The number of phenols is 1. The molecule has 12 heavy (non-hydrogen) atoms. The predicted octanol–water partition coefficient (Wildman–Crippen LogP) is -0.240. The van der Waals surface area contributed by atoms with Gasteiger partial charge in [-0.05, 0) is 24.3 Å². The fraction of sp³-hybridized carbons (Fsp3) is 0.125. The molecule has 1 rings (SSSR count). The van der Waals surface area contributed by atoms with Crippen molar-refractivity contribution in [3.05, 3.63) is 29.8 Å². The lowest BCUT2D eigenvalue weighted by Crippen LogP contribution is -2.57. The Kier molecular flexibility index (Phi) is 2.30. The summed E-state index contributed by atoms with van der Waals surface area (Å²) in [7, 11) is 0. The van der Waals surface area contributed by atoms with Crippen LogP contribution >= 0.6 is 0 Å². The summed E-state index contributed by atoms with van der Waals surface area (Å²) in [4.78, 5) is 10.5. The van der Waals surface area contributed by atoms with E-state index in [1.165, 1.54) is 12.1 Å². The average molecular weight is 168 g/mol. The van der Waals surface area contributed by atoms with Crippen LogP contribution in [0.3, 0.4) is 0 Å². The molecule has 0 aliphatic heterocycles. The first-order valence-electron chi connectivity index (χ1n) is 3.46. The number of carbonyl (C=O) groups is 1. The number of aromatic hydroxyl groups is 1. The Hall–Kier alpha value is -1.55. The second-order valence-electron chi connectivity index (χ2n) is 2.48. The largest absolute Gasteiger partial charge is 0.508 e. The molecule has 1 aromatic rings. The van der Waals surface area contributed by atoms with E-state index in [0.717, 1.165) is 0 Å². The Bertz CT molecular complexity index is 281. The van der Waals surface area contributed by atoms with E-state index in [9.17, 15) is 4.79 Å². The lowest BCUT2D eigenvalue weighted by atomic mass is 10.1. The topological polar surface area (TPSA) is 85.2 Å². The van der Waals surface area contributed by atoms with Crippen molar-refractivity contribution >= 4 is 5.97 Å². The van der Waals surface area contributed by atoms with E-state index in [1.807, 2.05) is 0 Å². The van der Waals surface area contributed by atoms with E-state index >= 15 is 0 Å². The summed E-state index contributed by atoms with van der Waals surface area (Å²) in [5.74, 6) is -0.850. The summed E-state index contributed by atoms with van der Waals surface area (Å²) in [6.07, 6.45) is 0. The van der Waals surface area contributed by atoms with Gasteiger partial charge < -0.3 is 15.9 Å². The zero-order chi connectivity index (χ0) is 9.14. The van der Waals surface area contributed by atoms with E-state index in [1.54, 1.807) is 12.1 Å². The summed E-state index contributed by atoms with van der Waals surface area (Å²) < 4.78 is 0. The van der Waals surface area contributed by atoms with Gasteiger partial charge in [-0.1, -0.05) is 0 Å². The van der Waals surface area contributed by atoms with E-state index in [-0.39, 0.29) is 5.75 Å². The van der Waals surface area contributed by atoms with Gasteiger partial charge in [0.15, 0.2) is 0 Å². The Morgan fingerprint density at radius 1 is 1.33 bits per heavy atom. The minimum atomic E-state index is -0.972. The molecule has 0 heterocycles. The van der Waals surface area contributed by atoms with E-state index < -0.39 is 12.0 Å². The lowest BCUT2D eigenvalue weighted by molar-refractivity contribution is -0.413. The van der Waals surface area contributed by atoms with Gasteiger partial charge in [0.2, 0.25) is 6.04 Å². The lowest BCUT2D eigenvalue weighted by Gasteiger charge is -2.02. The van der Waals surface area contributed by atoms with Crippen molar-refractivity contribution in [2.24, 2.45) is 0 Å². The number of aliphatic carboxylic acids is 1. The Labute approximate surface area is 69.3 Å². The van der Waals surface area contributed by atoms with Crippen LogP contribution in [0.5, 0.6) is 5.75 Å². The third-order valence-corrected chi connectivity index (χ3v) is 1.59. The van der Waals surface area contributed by atoms with Gasteiger partial charge >= 0.3 is 5.97 Å². The van der Waals surface area contributed by atoms with Gasteiger partial charge in [-0.25, -0.2) is 4.79 Å². The van der Waals surface area contributed by atoms with Crippen molar-refractivity contribution in [3.8, 4) is 5.75 Å². The van der Waals surface area contributed by atoms with Crippen LogP contribution < -0.4 is 5.73 Å². The highest BCUT2D eigenvalue weighted by molar-refractivity contribution is 5.73. The zero-order valence-electron chi connectivity index (χ0n) is 6.40. The molecule has 0 aromatic heterocycles. The normalized spacial score (nSPS) is 12.4. The minimum absolute atomic E-state index is 0.122. The Balaban J connectivity index is 2.89. The highest BCUT2D eigenvalue weighted by Crippen LogP contribution is 2.13. The minimum Gasteiger partial charge on any atom is -0.508 e. The van der Waals surface area contributed by atoms with Gasteiger partial charge in [0.25, 0.3) is 0 Å². The molecule has 0 bridgehead atoms. The molecule has 0 radical (unpaired) electrons. The van der Waals surface area contributed by atoms with E-state index in [0.29, 0.717) is 5.56 Å². The molecule has 0 saturated carbocycles. The number of carboxylic acid groups (broad SMARTS) is 1. The molecule has 0 spiro atoms. The van der Waals surface area contributed by atoms with Gasteiger partial charge in [-0.3, -0.25) is 0 Å². The maximum absolute atomic E-state index is 10.5. The molecule has 64 valence electrons. The first kappa shape index (κ1) is 8.55. The van der Waals surface area contributed by atoms with Crippen molar-refractivity contribution in [1.82, 2.24) is 0 Å². The molecular weight excluding hydrogens is 158 g/mol. The molecule has 0 saturated heterocycles. The van der Waals surface area contributed by atoms with Crippen molar-refractivity contribution in [3.63, 3.8) is 0 Å².